The molecular weight excluding hydrogens is 464 g/mol. The molecule has 0 unspecified atom stereocenters. The zero-order valence-electron chi connectivity index (χ0n) is 19.0. The van der Waals surface area contributed by atoms with Crippen LogP contribution < -0.4 is 10.1 Å². The first-order chi connectivity index (χ1) is 17.2. The first-order valence-electron chi connectivity index (χ1n) is 11.3. The molecule has 1 saturated heterocycles. The van der Waals surface area contributed by atoms with E-state index in [0.29, 0.717) is 49.1 Å². The molecular formula is C26H24N4O4S. The summed E-state index contributed by atoms with van der Waals surface area (Å²) in [6, 6.07) is 17.3. The fourth-order valence-electron chi connectivity index (χ4n) is 3.81. The van der Waals surface area contributed by atoms with Gasteiger partial charge >= 0.3 is 0 Å². The Morgan fingerprint density at radius 2 is 1.80 bits per heavy atom. The second-order valence-corrected chi connectivity index (χ2v) is 9.06. The van der Waals surface area contributed by atoms with Crippen LogP contribution in [0.5, 0.6) is 5.75 Å². The van der Waals surface area contributed by atoms with Crippen LogP contribution in [-0.2, 0) is 16.1 Å². The number of carbonyl (C=O) groups excluding carboxylic acids is 2. The molecule has 35 heavy (non-hydrogen) atoms. The Kier molecular flexibility index (Phi) is 6.97. The van der Waals surface area contributed by atoms with E-state index in [-0.39, 0.29) is 18.4 Å². The van der Waals surface area contributed by atoms with E-state index in [1.165, 1.54) is 11.3 Å². The van der Waals surface area contributed by atoms with Crippen LogP contribution in [0.2, 0.25) is 0 Å². The van der Waals surface area contributed by atoms with Crippen molar-refractivity contribution in [3.63, 3.8) is 0 Å². The SMILES string of the molecule is O=C(NCc1ccccc1)c1nc2c(OCC(=O)N3CCOCC3)cc(-c3ccncc3)cc2s1. The van der Waals surface area contributed by atoms with Crippen molar-refractivity contribution in [3.8, 4) is 16.9 Å². The molecule has 0 spiro atoms. The minimum atomic E-state index is -0.254. The number of rotatable bonds is 7. The van der Waals surface area contributed by atoms with Gasteiger partial charge < -0.3 is 19.7 Å². The summed E-state index contributed by atoms with van der Waals surface area (Å²) in [6.45, 7) is 2.47. The lowest BCUT2D eigenvalue weighted by Gasteiger charge is -2.26. The number of hydrogen-bond donors (Lipinski definition) is 1. The summed E-state index contributed by atoms with van der Waals surface area (Å²) in [6.07, 6.45) is 3.44. The first kappa shape index (κ1) is 22.9. The fourth-order valence-corrected chi connectivity index (χ4v) is 4.75. The third-order valence-electron chi connectivity index (χ3n) is 5.68. The van der Waals surface area contributed by atoms with Crippen LogP contribution in [-0.4, -0.2) is 59.6 Å². The number of nitrogens with one attached hydrogen (secondary N) is 1. The lowest BCUT2D eigenvalue weighted by atomic mass is 10.1. The van der Waals surface area contributed by atoms with Crippen LogP contribution in [0.15, 0.2) is 67.0 Å². The summed E-state index contributed by atoms with van der Waals surface area (Å²) in [5.41, 5.74) is 3.42. The van der Waals surface area contributed by atoms with E-state index in [4.69, 9.17) is 9.47 Å². The summed E-state index contributed by atoms with van der Waals surface area (Å²) in [5.74, 6) is 0.108. The number of aromatic nitrogens is 2. The Morgan fingerprint density at radius 1 is 1.03 bits per heavy atom. The Bertz CT molecular complexity index is 1320. The zero-order chi connectivity index (χ0) is 24.0. The molecule has 1 fully saturated rings. The van der Waals surface area contributed by atoms with Crippen molar-refractivity contribution in [3.05, 3.63) is 77.6 Å². The number of pyridine rings is 1. The van der Waals surface area contributed by atoms with E-state index in [1.54, 1.807) is 17.3 Å². The van der Waals surface area contributed by atoms with Crippen LogP contribution in [0.3, 0.4) is 0 Å². The van der Waals surface area contributed by atoms with Gasteiger partial charge in [0.1, 0.15) is 11.3 Å². The molecule has 5 rings (SSSR count). The second kappa shape index (κ2) is 10.6. The standard InChI is InChI=1S/C26H24N4O4S/c31-23(30-10-12-33-13-11-30)17-34-21-14-20(19-6-8-27-9-7-19)15-22-24(21)29-26(35-22)25(32)28-16-18-4-2-1-3-5-18/h1-9,14-15H,10-13,16-17H2,(H,28,32). The van der Waals surface area contributed by atoms with E-state index in [1.807, 2.05) is 54.6 Å². The molecule has 3 heterocycles. The maximum Gasteiger partial charge on any atom is 0.280 e. The summed E-state index contributed by atoms with van der Waals surface area (Å²) in [4.78, 5) is 35.9. The van der Waals surface area contributed by atoms with Crippen molar-refractivity contribution in [1.29, 1.82) is 0 Å². The van der Waals surface area contributed by atoms with Crippen molar-refractivity contribution in [1.82, 2.24) is 20.2 Å². The summed E-state index contributed by atoms with van der Waals surface area (Å²) >= 11 is 1.30. The maximum absolute atomic E-state index is 12.8. The minimum absolute atomic E-state index is 0.105. The average molecular weight is 489 g/mol. The van der Waals surface area contributed by atoms with Gasteiger partial charge in [0.2, 0.25) is 0 Å². The van der Waals surface area contributed by atoms with Crippen LogP contribution >= 0.6 is 11.3 Å². The van der Waals surface area contributed by atoms with Crippen molar-refractivity contribution < 1.29 is 19.1 Å². The van der Waals surface area contributed by atoms with Gasteiger partial charge in [-0.1, -0.05) is 30.3 Å². The van der Waals surface area contributed by atoms with E-state index in [9.17, 15) is 9.59 Å². The molecule has 0 atom stereocenters. The van der Waals surface area contributed by atoms with E-state index >= 15 is 0 Å². The number of fused-ring (bicyclic) bond motifs is 1. The second-order valence-electron chi connectivity index (χ2n) is 8.03. The van der Waals surface area contributed by atoms with E-state index in [0.717, 1.165) is 21.4 Å². The Morgan fingerprint density at radius 3 is 2.57 bits per heavy atom. The molecule has 2 aromatic carbocycles. The molecule has 1 aliphatic rings. The highest BCUT2D eigenvalue weighted by molar-refractivity contribution is 7.20. The van der Waals surface area contributed by atoms with E-state index in [2.05, 4.69) is 15.3 Å². The molecule has 0 aliphatic carbocycles. The summed E-state index contributed by atoms with van der Waals surface area (Å²) < 4.78 is 12.1. The van der Waals surface area contributed by atoms with Crippen molar-refractivity contribution in [2.45, 2.75) is 6.54 Å². The Hall–Kier alpha value is -3.82. The molecule has 4 aromatic rings. The lowest BCUT2D eigenvalue weighted by molar-refractivity contribution is -0.137. The number of carbonyl (C=O) groups is 2. The predicted octanol–water partition coefficient (Wildman–Crippen LogP) is 3.53. The topological polar surface area (TPSA) is 93.6 Å². The number of ether oxygens (including phenoxy) is 2. The molecule has 178 valence electrons. The molecule has 0 bridgehead atoms. The molecule has 0 saturated carbocycles. The molecule has 9 heteroatoms. The highest BCUT2D eigenvalue weighted by Gasteiger charge is 2.20. The highest BCUT2D eigenvalue weighted by Crippen LogP contribution is 2.35. The van der Waals surface area contributed by atoms with Crippen molar-refractivity contribution in [2.24, 2.45) is 0 Å². The quantitative estimate of drug-likeness (QED) is 0.428. The zero-order valence-corrected chi connectivity index (χ0v) is 19.8. The van der Waals surface area contributed by atoms with Gasteiger partial charge in [0, 0.05) is 32.0 Å². The van der Waals surface area contributed by atoms with E-state index < -0.39 is 0 Å². The Balaban J connectivity index is 1.41. The van der Waals surface area contributed by atoms with Crippen molar-refractivity contribution >= 4 is 33.4 Å². The number of nitrogens with zero attached hydrogens (tertiary/aromatic N) is 3. The van der Waals surface area contributed by atoms with Gasteiger partial charge in [0.25, 0.3) is 11.8 Å². The highest BCUT2D eigenvalue weighted by atomic mass is 32.1. The number of hydrogen-bond acceptors (Lipinski definition) is 7. The molecule has 1 N–H and O–H groups in total. The summed E-state index contributed by atoms with van der Waals surface area (Å²) in [5, 5.41) is 3.26. The molecule has 0 radical (unpaired) electrons. The largest absolute Gasteiger partial charge is 0.481 e. The van der Waals surface area contributed by atoms with Gasteiger partial charge in [-0.25, -0.2) is 4.98 Å². The molecule has 1 aliphatic heterocycles. The molecule has 2 aromatic heterocycles. The fraction of sp³-hybridized carbons (Fsp3) is 0.231. The number of benzene rings is 2. The third kappa shape index (κ3) is 5.47. The van der Waals surface area contributed by atoms with Gasteiger partial charge in [-0.2, -0.15) is 0 Å². The van der Waals surface area contributed by atoms with Gasteiger partial charge in [0.15, 0.2) is 11.6 Å². The Labute approximate surface area is 206 Å². The normalized spacial score (nSPS) is 13.5. The molecule has 2 amide bonds. The number of amides is 2. The maximum atomic E-state index is 12.8. The predicted molar refractivity (Wildman–Crippen MR) is 133 cm³/mol. The number of morpholine rings is 1. The third-order valence-corrected chi connectivity index (χ3v) is 6.68. The first-order valence-corrected chi connectivity index (χ1v) is 12.1. The summed E-state index contributed by atoms with van der Waals surface area (Å²) in [7, 11) is 0. The average Bonchev–Trinajstić information content (AvgIpc) is 3.36. The smallest absolute Gasteiger partial charge is 0.280 e. The lowest BCUT2D eigenvalue weighted by Crippen LogP contribution is -2.43. The number of thiazole rings is 1. The minimum Gasteiger partial charge on any atom is -0.481 e. The van der Waals surface area contributed by atoms with Gasteiger partial charge in [0.05, 0.1) is 17.9 Å². The van der Waals surface area contributed by atoms with Crippen LogP contribution in [0, 0.1) is 0 Å². The molecule has 8 nitrogen and oxygen atoms in total. The van der Waals surface area contributed by atoms with Gasteiger partial charge in [-0.3, -0.25) is 14.6 Å². The van der Waals surface area contributed by atoms with Crippen LogP contribution in [0.1, 0.15) is 15.4 Å². The van der Waals surface area contributed by atoms with Gasteiger partial charge in [-0.15, -0.1) is 11.3 Å². The monoisotopic (exact) mass is 488 g/mol. The van der Waals surface area contributed by atoms with Gasteiger partial charge in [-0.05, 0) is 41.0 Å². The van der Waals surface area contributed by atoms with Crippen molar-refractivity contribution in [2.75, 3.05) is 32.9 Å². The van der Waals surface area contributed by atoms with Crippen LogP contribution in [0.4, 0.5) is 0 Å². The van der Waals surface area contributed by atoms with Crippen LogP contribution in [0.25, 0.3) is 21.3 Å².